The van der Waals surface area contributed by atoms with E-state index in [9.17, 15) is 4.79 Å². The fourth-order valence-corrected chi connectivity index (χ4v) is 1.69. The summed E-state index contributed by atoms with van der Waals surface area (Å²) in [5.41, 5.74) is 3.46. The van der Waals surface area contributed by atoms with Gasteiger partial charge in [-0.15, -0.1) is 0 Å². The zero-order valence-electron chi connectivity index (χ0n) is 10.6. The summed E-state index contributed by atoms with van der Waals surface area (Å²) in [4.78, 5) is 15.9. The van der Waals surface area contributed by atoms with Gasteiger partial charge in [-0.1, -0.05) is 0 Å². The van der Waals surface area contributed by atoms with Crippen molar-refractivity contribution in [3.8, 4) is 0 Å². The topological polar surface area (TPSA) is 93.2 Å². The van der Waals surface area contributed by atoms with Crippen LogP contribution in [0.1, 0.15) is 23.2 Å². The Balaban J connectivity index is 1.92. The van der Waals surface area contributed by atoms with Gasteiger partial charge in [0.15, 0.2) is 0 Å². The van der Waals surface area contributed by atoms with Crippen molar-refractivity contribution in [2.75, 3.05) is 5.43 Å². The molecule has 1 unspecified atom stereocenters. The number of hydrazine groups is 1. The largest absolute Gasteiger partial charge is 0.469 e. The van der Waals surface area contributed by atoms with Gasteiger partial charge in [0, 0.05) is 12.5 Å². The van der Waals surface area contributed by atoms with E-state index >= 15 is 0 Å². The van der Waals surface area contributed by atoms with Crippen molar-refractivity contribution >= 4 is 11.6 Å². The van der Waals surface area contributed by atoms with Gasteiger partial charge in [-0.3, -0.25) is 10.6 Å². The van der Waals surface area contributed by atoms with Crippen molar-refractivity contribution < 1.29 is 9.21 Å². The standard InChI is InChI=1S/C13H16N4O2/c1-9(7-11-3-2-6-19-11)16-13(18)12-5-4-10(17-14)8-15-12/h2-6,8-9,17H,7,14H2,1H3,(H,16,18). The van der Waals surface area contributed by atoms with E-state index in [4.69, 9.17) is 10.3 Å². The van der Waals surface area contributed by atoms with E-state index in [2.05, 4.69) is 15.7 Å². The summed E-state index contributed by atoms with van der Waals surface area (Å²) in [6.07, 6.45) is 3.76. The summed E-state index contributed by atoms with van der Waals surface area (Å²) >= 11 is 0. The van der Waals surface area contributed by atoms with E-state index in [0.29, 0.717) is 17.8 Å². The molecule has 0 radical (unpaired) electrons. The normalized spacial score (nSPS) is 11.9. The van der Waals surface area contributed by atoms with Gasteiger partial charge in [-0.05, 0) is 31.2 Å². The summed E-state index contributed by atoms with van der Waals surface area (Å²) in [5.74, 6) is 5.85. The molecule has 0 bridgehead atoms. The van der Waals surface area contributed by atoms with Crippen LogP contribution in [-0.2, 0) is 6.42 Å². The first-order valence-electron chi connectivity index (χ1n) is 5.95. The minimum Gasteiger partial charge on any atom is -0.469 e. The molecule has 0 aliphatic carbocycles. The van der Waals surface area contributed by atoms with E-state index in [1.807, 2.05) is 19.1 Å². The molecule has 0 spiro atoms. The first kappa shape index (κ1) is 13.1. The van der Waals surface area contributed by atoms with Crippen LogP contribution in [0.5, 0.6) is 0 Å². The highest BCUT2D eigenvalue weighted by atomic mass is 16.3. The van der Waals surface area contributed by atoms with Crippen LogP contribution in [-0.4, -0.2) is 16.9 Å². The summed E-state index contributed by atoms with van der Waals surface area (Å²) in [6, 6.07) is 6.98. The monoisotopic (exact) mass is 260 g/mol. The number of rotatable bonds is 5. The number of pyridine rings is 1. The Hall–Kier alpha value is -2.34. The number of carbonyl (C=O) groups is 1. The lowest BCUT2D eigenvalue weighted by molar-refractivity contribution is 0.0934. The number of hydrogen-bond acceptors (Lipinski definition) is 5. The highest BCUT2D eigenvalue weighted by Crippen LogP contribution is 2.06. The number of nitrogens with two attached hydrogens (primary N) is 1. The Labute approximate surface area is 111 Å². The maximum Gasteiger partial charge on any atom is 0.270 e. The second kappa shape index (κ2) is 6.01. The zero-order valence-corrected chi connectivity index (χ0v) is 10.6. The molecule has 6 nitrogen and oxygen atoms in total. The molecule has 0 aromatic carbocycles. The maximum absolute atomic E-state index is 11.9. The van der Waals surface area contributed by atoms with Crippen molar-refractivity contribution in [3.05, 3.63) is 48.2 Å². The first-order valence-corrected chi connectivity index (χ1v) is 5.95. The summed E-state index contributed by atoms with van der Waals surface area (Å²) in [7, 11) is 0. The number of hydrogen-bond donors (Lipinski definition) is 3. The molecule has 0 saturated carbocycles. The zero-order chi connectivity index (χ0) is 13.7. The molecule has 0 aliphatic rings. The number of nitrogen functional groups attached to an aromatic ring is 1. The molecule has 0 fully saturated rings. The maximum atomic E-state index is 11.9. The van der Waals surface area contributed by atoms with E-state index in [1.54, 1.807) is 18.4 Å². The molecule has 1 amide bonds. The van der Waals surface area contributed by atoms with Gasteiger partial charge in [0.25, 0.3) is 5.91 Å². The number of aromatic nitrogens is 1. The fourth-order valence-electron chi connectivity index (χ4n) is 1.69. The molecular formula is C13H16N4O2. The molecule has 2 heterocycles. The average Bonchev–Trinajstić information content (AvgIpc) is 2.91. The van der Waals surface area contributed by atoms with E-state index in [0.717, 1.165) is 5.76 Å². The third-order valence-electron chi connectivity index (χ3n) is 2.63. The van der Waals surface area contributed by atoms with Crippen LogP contribution in [0.15, 0.2) is 41.1 Å². The second-order valence-corrected chi connectivity index (χ2v) is 4.23. The smallest absolute Gasteiger partial charge is 0.270 e. The Bertz CT molecular complexity index is 522. The number of nitrogens with one attached hydrogen (secondary N) is 2. The molecule has 1 atom stereocenters. The molecule has 2 rings (SSSR count). The van der Waals surface area contributed by atoms with Gasteiger partial charge >= 0.3 is 0 Å². The van der Waals surface area contributed by atoms with Crippen LogP contribution in [0.4, 0.5) is 5.69 Å². The number of nitrogens with zero attached hydrogens (tertiary/aromatic N) is 1. The molecule has 0 aliphatic heterocycles. The summed E-state index contributed by atoms with van der Waals surface area (Å²) in [6.45, 7) is 1.91. The molecule has 0 saturated heterocycles. The van der Waals surface area contributed by atoms with Crippen LogP contribution < -0.4 is 16.6 Å². The number of carbonyl (C=O) groups excluding carboxylic acids is 1. The number of amides is 1. The van der Waals surface area contributed by atoms with Gasteiger partial charge in [0.2, 0.25) is 0 Å². The van der Waals surface area contributed by atoms with Gasteiger partial charge in [-0.2, -0.15) is 0 Å². The third-order valence-corrected chi connectivity index (χ3v) is 2.63. The predicted molar refractivity (Wildman–Crippen MR) is 71.4 cm³/mol. The Kier molecular flexibility index (Phi) is 4.15. The predicted octanol–water partition coefficient (Wildman–Crippen LogP) is 1.32. The summed E-state index contributed by atoms with van der Waals surface area (Å²) < 4.78 is 5.23. The lowest BCUT2D eigenvalue weighted by Crippen LogP contribution is -2.34. The van der Waals surface area contributed by atoms with E-state index in [-0.39, 0.29) is 11.9 Å². The minimum atomic E-state index is -0.220. The first-order chi connectivity index (χ1) is 9.19. The Morgan fingerprint density at radius 2 is 2.32 bits per heavy atom. The van der Waals surface area contributed by atoms with Crippen LogP contribution in [0.3, 0.4) is 0 Å². The molecule has 2 aromatic heterocycles. The van der Waals surface area contributed by atoms with Gasteiger partial charge in [0.1, 0.15) is 11.5 Å². The number of furan rings is 1. The third kappa shape index (κ3) is 3.56. The Morgan fingerprint density at radius 3 is 2.89 bits per heavy atom. The minimum absolute atomic E-state index is 0.0345. The second-order valence-electron chi connectivity index (χ2n) is 4.23. The van der Waals surface area contributed by atoms with Crippen molar-refractivity contribution in [3.63, 3.8) is 0 Å². The number of anilines is 1. The van der Waals surface area contributed by atoms with Crippen molar-refractivity contribution in [1.82, 2.24) is 10.3 Å². The van der Waals surface area contributed by atoms with Crippen LogP contribution >= 0.6 is 0 Å². The van der Waals surface area contributed by atoms with Crippen molar-refractivity contribution in [1.29, 1.82) is 0 Å². The summed E-state index contributed by atoms with van der Waals surface area (Å²) in [5, 5.41) is 2.86. The van der Waals surface area contributed by atoms with Crippen LogP contribution in [0, 0.1) is 0 Å². The lowest BCUT2D eigenvalue weighted by atomic mass is 10.2. The molecule has 100 valence electrons. The van der Waals surface area contributed by atoms with Crippen molar-refractivity contribution in [2.24, 2.45) is 5.84 Å². The van der Waals surface area contributed by atoms with Crippen LogP contribution in [0.25, 0.3) is 0 Å². The fraction of sp³-hybridized carbons (Fsp3) is 0.231. The molecule has 4 N–H and O–H groups in total. The quantitative estimate of drug-likeness (QED) is 0.557. The Morgan fingerprint density at radius 1 is 1.47 bits per heavy atom. The molecule has 19 heavy (non-hydrogen) atoms. The van der Waals surface area contributed by atoms with Gasteiger partial charge in [-0.25, -0.2) is 4.98 Å². The van der Waals surface area contributed by atoms with Gasteiger partial charge in [0.05, 0.1) is 18.1 Å². The molecule has 2 aromatic rings. The highest BCUT2D eigenvalue weighted by Gasteiger charge is 2.12. The molecular weight excluding hydrogens is 244 g/mol. The van der Waals surface area contributed by atoms with Crippen LogP contribution in [0.2, 0.25) is 0 Å². The van der Waals surface area contributed by atoms with E-state index in [1.165, 1.54) is 6.20 Å². The SMILES string of the molecule is CC(Cc1ccco1)NC(=O)c1ccc(NN)cn1. The average molecular weight is 260 g/mol. The van der Waals surface area contributed by atoms with Crippen molar-refractivity contribution in [2.45, 2.75) is 19.4 Å². The molecule has 6 heteroatoms. The van der Waals surface area contributed by atoms with E-state index < -0.39 is 0 Å². The lowest BCUT2D eigenvalue weighted by Gasteiger charge is -2.12. The highest BCUT2D eigenvalue weighted by molar-refractivity contribution is 5.92. The van der Waals surface area contributed by atoms with Gasteiger partial charge < -0.3 is 15.2 Å².